The molecular formula is C21H24O4. The molecule has 0 saturated heterocycles. The highest BCUT2D eigenvalue weighted by atomic mass is 16.5. The number of aliphatic carboxylic acids is 1. The van der Waals surface area contributed by atoms with E-state index < -0.39 is 11.9 Å². The maximum absolute atomic E-state index is 12.3. The van der Waals surface area contributed by atoms with Crippen LogP contribution < -0.4 is 0 Å². The smallest absolute Gasteiger partial charge is 0.345 e. The van der Waals surface area contributed by atoms with Gasteiger partial charge in [-0.1, -0.05) is 63.2 Å². The second-order valence-electron chi connectivity index (χ2n) is 7.41. The molecule has 0 heterocycles. The quantitative estimate of drug-likeness (QED) is 0.380. The van der Waals surface area contributed by atoms with Crippen LogP contribution in [0.15, 0.2) is 53.6 Å². The van der Waals surface area contributed by atoms with E-state index in [1.807, 2.05) is 63.2 Å². The van der Waals surface area contributed by atoms with E-state index in [-0.39, 0.29) is 17.6 Å². The number of carbonyl (C=O) groups excluding carboxylic acids is 1. The summed E-state index contributed by atoms with van der Waals surface area (Å²) < 4.78 is 5.20. The summed E-state index contributed by atoms with van der Waals surface area (Å²) in [5, 5.41) is 11.6. The van der Waals surface area contributed by atoms with Gasteiger partial charge < -0.3 is 9.84 Å². The fourth-order valence-electron chi connectivity index (χ4n) is 2.62. The van der Waals surface area contributed by atoms with E-state index in [0.717, 1.165) is 16.3 Å². The molecule has 0 aromatic heterocycles. The summed E-state index contributed by atoms with van der Waals surface area (Å²) in [6.07, 6.45) is 0.383. The minimum Gasteiger partial charge on any atom is -0.477 e. The van der Waals surface area contributed by atoms with E-state index in [1.165, 1.54) is 0 Å². The predicted molar refractivity (Wildman–Crippen MR) is 98.4 cm³/mol. The minimum atomic E-state index is -1.25. The molecule has 0 aliphatic rings. The topological polar surface area (TPSA) is 63.6 Å². The van der Waals surface area contributed by atoms with Gasteiger partial charge in [0.25, 0.3) is 0 Å². The molecule has 0 saturated carbocycles. The number of hydrogen-bond donors (Lipinski definition) is 1. The average molecular weight is 340 g/mol. The van der Waals surface area contributed by atoms with Crippen LogP contribution in [0.4, 0.5) is 0 Å². The largest absolute Gasteiger partial charge is 0.477 e. The van der Waals surface area contributed by atoms with Crippen molar-refractivity contribution in [3.8, 4) is 0 Å². The molecule has 2 aromatic rings. The molecule has 4 nitrogen and oxygen atoms in total. The molecule has 2 aromatic carbocycles. The van der Waals surface area contributed by atoms with Crippen molar-refractivity contribution in [3.05, 3.63) is 59.2 Å². The van der Waals surface area contributed by atoms with Gasteiger partial charge in [-0.3, -0.25) is 0 Å². The van der Waals surface area contributed by atoms with Crippen molar-refractivity contribution in [2.45, 2.75) is 34.1 Å². The molecule has 0 fully saturated rings. The lowest BCUT2D eigenvalue weighted by molar-refractivity contribution is -0.146. The van der Waals surface area contributed by atoms with Crippen LogP contribution >= 0.6 is 0 Å². The first-order valence-electron chi connectivity index (χ1n) is 8.26. The first-order valence-corrected chi connectivity index (χ1v) is 8.26. The van der Waals surface area contributed by atoms with Crippen LogP contribution in [-0.2, 0) is 20.7 Å². The molecule has 0 bridgehead atoms. The van der Waals surface area contributed by atoms with Gasteiger partial charge in [-0.25, -0.2) is 9.59 Å². The van der Waals surface area contributed by atoms with Gasteiger partial charge in [-0.15, -0.1) is 0 Å². The van der Waals surface area contributed by atoms with E-state index in [4.69, 9.17) is 4.74 Å². The molecule has 1 N–H and O–H groups in total. The van der Waals surface area contributed by atoms with Crippen LogP contribution in [0.3, 0.4) is 0 Å². The highest BCUT2D eigenvalue weighted by Crippen LogP contribution is 2.23. The number of allylic oxidation sites excluding steroid dienone is 1. The molecule has 4 heteroatoms. The molecule has 2 rings (SSSR count). The van der Waals surface area contributed by atoms with Crippen LogP contribution in [-0.4, -0.2) is 23.7 Å². The Kier molecular flexibility index (Phi) is 5.62. The lowest BCUT2D eigenvalue weighted by atomic mass is 9.96. The molecular weight excluding hydrogens is 316 g/mol. The average Bonchev–Trinajstić information content (AvgIpc) is 2.52. The number of hydrogen-bond acceptors (Lipinski definition) is 3. The zero-order chi connectivity index (χ0) is 18.6. The summed E-state index contributed by atoms with van der Waals surface area (Å²) in [4.78, 5) is 23.9. The maximum atomic E-state index is 12.3. The third-order valence-corrected chi connectivity index (χ3v) is 3.82. The van der Waals surface area contributed by atoms with Crippen molar-refractivity contribution in [3.63, 3.8) is 0 Å². The molecule has 0 aliphatic carbocycles. The van der Waals surface area contributed by atoms with Crippen molar-refractivity contribution in [1.82, 2.24) is 0 Å². The fourth-order valence-corrected chi connectivity index (χ4v) is 2.62. The summed E-state index contributed by atoms with van der Waals surface area (Å²) in [5.74, 6) is -2.03. The standard InChI is InChI=1S/C21H24O4/c1-14(18(19(22)23)20(24)25-13-21(2,3)4)12-16-10-7-9-15-8-5-6-11-17(15)16/h5-11H,12-13H2,1-4H3,(H,22,23)/b18-14-. The summed E-state index contributed by atoms with van der Waals surface area (Å²) in [6.45, 7) is 7.61. The molecule has 132 valence electrons. The Balaban J connectivity index is 2.33. The molecule has 0 radical (unpaired) electrons. The first-order chi connectivity index (χ1) is 11.7. The van der Waals surface area contributed by atoms with E-state index in [9.17, 15) is 14.7 Å². The summed E-state index contributed by atoms with van der Waals surface area (Å²) in [6, 6.07) is 13.8. The van der Waals surface area contributed by atoms with Gasteiger partial charge in [-0.2, -0.15) is 0 Å². The number of carboxylic acid groups (broad SMARTS) is 1. The van der Waals surface area contributed by atoms with Crippen LogP contribution in [0, 0.1) is 5.41 Å². The van der Waals surface area contributed by atoms with E-state index in [2.05, 4.69) is 0 Å². The molecule has 25 heavy (non-hydrogen) atoms. The lowest BCUT2D eigenvalue weighted by Crippen LogP contribution is -2.23. The van der Waals surface area contributed by atoms with Crippen LogP contribution in [0.5, 0.6) is 0 Å². The molecule has 0 unspecified atom stereocenters. The summed E-state index contributed by atoms with van der Waals surface area (Å²) in [7, 11) is 0. The van der Waals surface area contributed by atoms with Gasteiger partial charge in [0, 0.05) is 0 Å². The molecule has 0 aliphatic heterocycles. The Bertz CT molecular complexity index is 820. The maximum Gasteiger partial charge on any atom is 0.345 e. The highest BCUT2D eigenvalue weighted by molar-refractivity contribution is 6.14. The highest BCUT2D eigenvalue weighted by Gasteiger charge is 2.24. The van der Waals surface area contributed by atoms with E-state index in [1.54, 1.807) is 6.92 Å². The number of carbonyl (C=O) groups is 2. The minimum absolute atomic E-state index is 0.171. The Labute approximate surface area is 148 Å². The Morgan fingerprint density at radius 2 is 1.68 bits per heavy atom. The van der Waals surface area contributed by atoms with E-state index >= 15 is 0 Å². The molecule has 0 amide bonds. The number of benzene rings is 2. The third-order valence-electron chi connectivity index (χ3n) is 3.82. The van der Waals surface area contributed by atoms with Gasteiger partial charge in [0.05, 0.1) is 6.61 Å². The fraction of sp³-hybridized carbons (Fsp3) is 0.333. The summed E-state index contributed by atoms with van der Waals surface area (Å²) in [5.41, 5.74) is 0.973. The van der Waals surface area contributed by atoms with E-state index in [0.29, 0.717) is 12.0 Å². The van der Waals surface area contributed by atoms with Crippen LogP contribution in [0.1, 0.15) is 33.3 Å². The Morgan fingerprint density at radius 3 is 2.32 bits per heavy atom. The number of esters is 1. The van der Waals surface area contributed by atoms with Gasteiger partial charge in [0.1, 0.15) is 5.57 Å². The molecule has 0 spiro atoms. The van der Waals surface area contributed by atoms with Crippen LogP contribution in [0.2, 0.25) is 0 Å². The van der Waals surface area contributed by atoms with Crippen molar-refractivity contribution < 1.29 is 19.4 Å². The number of ether oxygens (including phenoxy) is 1. The normalized spacial score (nSPS) is 12.6. The number of fused-ring (bicyclic) bond motifs is 1. The first kappa shape index (κ1) is 18.7. The zero-order valence-corrected chi connectivity index (χ0v) is 15.1. The lowest BCUT2D eigenvalue weighted by Gasteiger charge is -2.18. The SMILES string of the molecule is C/C(Cc1cccc2ccccc12)=C(\C(=O)O)C(=O)OCC(C)(C)C. The van der Waals surface area contributed by atoms with Crippen molar-refractivity contribution in [1.29, 1.82) is 0 Å². The molecule has 0 atom stereocenters. The van der Waals surface area contributed by atoms with Gasteiger partial charge in [0.15, 0.2) is 0 Å². The Hall–Kier alpha value is -2.62. The van der Waals surface area contributed by atoms with Crippen LogP contribution in [0.25, 0.3) is 10.8 Å². The van der Waals surface area contributed by atoms with Crippen molar-refractivity contribution >= 4 is 22.7 Å². The number of rotatable bonds is 5. The second-order valence-corrected chi connectivity index (χ2v) is 7.41. The Morgan fingerprint density at radius 1 is 1.04 bits per heavy atom. The van der Waals surface area contributed by atoms with Gasteiger partial charge in [-0.05, 0) is 40.7 Å². The number of carboxylic acids is 1. The van der Waals surface area contributed by atoms with Gasteiger partial charge in [0.2, 0.25) is 0 Å². The van der Waals surface area contributed by atoms with Crippen molar-refractivity contribution in [2.24, 2.45) is 5.41 Å². The monoisotopic (exact) mass is 340 g/mol. The third kappa shape index (κ3) is 4.92. The second kappa shape index (κ2) is 7.51. The summed E-state index contributed by atoms with van der Waals surface area (Å²) >= 11 is 0. The van der Waals surface area contributed by atoms with Gasteiger partial charge >= 0.3 is 11.9 Å². The van der Waals surface area contributed by atoms with Crippen molar-refractivity contribution in [2.75, 3.05) is 6.61 Å². The zero-order valence-electron chi connectivity index (χ0n) is 15.1. The predicted octanol–water partition coefficient (Wildman–Crippen LogP) is 4.37.